The summed E-state index contributed by atoms with van der Waals surface area (Å²) in [5, 5.41) is 13.0. The van der Waals surface area contributed by atoms with Crippen molar-refractivity contribution < 1.29 is 0 Å². The Kier molecular flexibility index (Phi) is 2.01. The van der Waals surface area contributed by atoms with Gasteiger partial charge in [0, 0.05) is 12.0 Å². The van der Waals surface area contributed by atoms with Gasteiger partial charge < -0.3 is 5.73 Å². The minimum atomic E-state index is 0.115. The number of nitrogens with two attached hydrogens (primary N) is 1. The Morgan fingerprint density at radius 2 is 2.31 bits per heavy atom. The van der Waals surface area contributed by atoms with Gasteiger partial charge >= 0.3 is 0 Å². The highest BCUT2D eigenvalue weighted by atomic mass is 32.1. The molecule has 0 radical (unpaired) electrons. The fraction of sp³-hybridized carbons (Fsp3) is 0.571. The quantitative estimate of drug-likeness (QED) is 0.767. The lowest BCUT2D eigenvalue weighted by Gasteiger charge is -2.10. The summed E-state index contributed by atoms with van der Waals surface area (Å²) in [7, 11) is 0. The molecule has 0 aliphatic rings. The van der Waals surface area contributed by atoms with Crippen LogP contribution < -0.4 is 5.73 Å². The monoisotopic (exact) mass is 197 g/mol. The van der Waals surface area contributed by atoms with Crippen LogP contribution in [0.5, 0.6) is 0 Å². The van der Waals surface area contributed by atoms with E-state index < -0.39 is 0 Å². The van der Waals surface area contributed by atoms with Crippen LogP contribution in [0.1, 0.15) is 24.8 Å². The Morgan fingerprint density at radius 1 is 1.54 bits per heavy atom. The largest absolute Gasteiger partial charge is 0.327 e. The number of hydrogen-bond donors (Lipinski definition) is 1. The number of fused-ring (bicyclic) bond motifs is 1. The van der Waals surface area contributed by atoms with Crippen LogP contribution in [0.2, 0.25) is 0 Å². The second kappa shape index (κ2) is 3.04. The Labute approximate surface area is 79.6 Å². The van der Waals surface area contributed by atoms with Crippen LogP contribution in [0.4, 0.5) is 0 Å². The maximum absolute atomic E-state index is 5.78. The van der Waals surface area contributed by atoms with Crippen LogP contribution in [0.25, 0.3) is 4.96 Å². The second-order valence-corrected chi connectivity index (χ2v) is 4.13. The van der Waals surface area contributed by atoms with E-state index in [4.69, 9.17) is 5.73 Å². The molecule has 0 bridgehead atoms. The molecule has 13 heavy (non-hydrogen) atoms. The molecule has 0 amide bonds. The predicted molar refractivity (Wildman–Crippen MR) is 50.7 cm³/mol. The molecule has 2 rings (SSSR count). The molecule has 0 spiro atoms. The highest BCUT2D eigenvalue weighted by Crippen LogP contribution is 2.22. The Bertz CT molecular complexity index is 375. The summed E-state index contributed by atoms with van der Waals surface area (Å²) >= 11 is 1.54. The summed E-state index contributed by atoms with van der Waals surface area (Å²) in [5.74, 6) is 0.270. The van der Waals surface area contributed by atoms with E-state index in [1.54, 1.807) is 10.8 Å². The smallest absolute Gasteiger partial charge is 0.234 e. The molecule has 2 aromatic heterocycles. The van der Waals surface area contributed by atoms with Crippen molar-refractivity contribution in [3.63, 3.8) is 0 Å². The van der Waals surface area contributed by atoms with E-state index in [2.05, 4.69) is 22.2 Å². The van der Waals surface area contributed by atoms with Gasteiger partial charge in [0.2, 0.25) is 4.96 Å². The average molecular weight is 197 g/mol. The lowest BCUT2D eigenvalue weighted by atomic mass is 10.1. The molecular weight excluding hydrogens is 186 g/mol. The minimum Gasteiger partial charge on any atom is -0.327 e. The molecule has 6 heteroatoms. The van der Waals surface area contributed by atoms with E-state index in [1.807, 2.05) is 6.92 Å². The standard InChI is InChI=1S/C7H11N5S/c1-4(5(2)8)6-11-12-3-9-10-7(12)13-6/h3-5H,8H2,1-2H3. The summed E-state index contributed by atoms with van der Waals surface area (Å²) in [4.78, 5) is 0.822. The highest BCUT2D eigenvalue weighted by molar-refractivity contribution is 7.16. The molecule has 0 saturated carbocycles. The number of hydrogen-bond acceptors (Lipinski definition) is 5. The van der Waals surface area contributed by atoms with Crippen LogP contribution in [0.15, 0.2) is 6.33 Å². The van der Waals surface area contributed by atoms with Gasteiger partial charge in [-0.2, -0.15) is 9.61 Å². The van der Waals surface area contributed by atoms with Crippen LogP contribution in [-0.2, 0) is 0 Å². The Hall–Kier alpha value is -1.01. The van der Waals surface area contributed by atoms with Crippen molar-refractivity contribution in [1.82, 2.24) is 19.8 Å². The number of nitrogens with zero attached hydrogens (tertiary/aromatic N) is 4. The molecule has 0 aromatic carbocycles. The first kappa shape index (κ1) is 8.58. The molecule has 0 aliphatic heterocycles. The molecule has 0 fully saturated rings. The molecule has 2 N–H and O–H groups in total. The molecule has 0 aliphatic carbocycles. The van der Waals surface area contributed by atoms with Gasteiger partial charge in [0.25, 0.3) is 0 Å². The summed E-state index contributed by atoms with van der Waals surface area (Å²) in [6.07, 6.45) is 1.60. The third kappa shape index (κ3) is 1.42. The SMILES string of the molecule is CC(N)C(C)c1nn2cnnc2s1. The zero-order valence-corrected chi connectivity index (χ0v) is 8.32. The van der Waals surface area contributed by atoms with Gasteiger partial charge in [0.05, 0.1) is 0 Å². The Morgan fingerprint density at radius 3 is 2.92 bits per heavy atom. The fourth-order valence-corrected chi connectivity index (χ4v) is 1.97. The third-order valence-electron chi connectivity index (χ3n) is 2.08. The first-order chi connectivity index (χ1) is 6.18. The van der Waals surface area contributed by atoms with Crippen LogP contribution in [0, 0.1) is 0 Å². The molecule has 2 aromatic rings. The van der Waals surface area contributed by atoms with Gasteiger partial charge in [0.15, 0.2) is 0 Å². The van der Waals surface area contributed by atoms with Crippen molar-refractivity contribution in [2.75, 3.05) is 0 Å². The first-order valence-electron chi connectivity index (χ1n) is 4.11. The number of aromatic nitrogens is 4. The van der Waals surface area contributed by atoms with E-state index in [9.17, 15) is 0 Å². The van der Waals surface area contributed by atoms with Crippen molar-refractivity contribution in [3.05, 3.63) is 11.3 Å². The van der Waals surface area contributed by atoms with E-state index in [0.29, 0.717) is 0 Å². The zero-order chi connectivity index (χ0) is 9.42. The van der Waals surface area contributed by atoms with E-state index in [1.165, 1.54) is 11.3 Å². The third-order valence-corrected chi connectivity index (χ3v) is 3.19. The number of rotatable bonds is 2. The topological polar surface area (TPSA) is 69.1 Å². The van der Waals surface area contributed by atoms with Gasteiger partial charge in [-0.25, -0.2) is 0 Å². The van der Waals surface area contributed by atoms with E-state index >= 15 is 0 Å². The summed E-state index contributed by atoms with van der Waals surface area (Å²) in [6, 6.07) is 0.115. The first-order valence-corrected chi connectivity index (χ1v) is 4.92. The summed E-state index contributed by atoms with van der Waals surface area (Å²) in [5.41, 5.74) is 5.78. The maximum Gasteiger partial charge on any atom is 0.234 e. The fourth-order valence-electron chi connectivity index (χ4n) is 0.984. The second-order valence-electron chi connectivity index (χ2n) is 3.15. The summed E-state index contributed by atoms with van der Waals surface area (Å²) in [6.45, 7) is 4.05. The van der Waals surface area contributed by atoms with E-state index in [0.717, 1.165) is 9.97 Å². The predicted octanol–water partition coefficient (Wildman–Crippen LogP) is 0.636. The molecule has 2 unspecified atom stereocenters. The minimum absolute atomic E-state index is 0.115. The van der Waals surface area contributed by atoms with Crippen molar-refractivity contribution in [3.8, 4) is 0 Å². The molecule has 70 valence electrons. The van der Waals surface area contributed by atoms with Gasteiger partial charge in [-0.1, -0.05) is 18.3 Å². The summed E-state index contributed by atoms with van der Waals surface area (Å²) < 4.78 is 1.68. The van der Waals surface area contributed by atoms with Crippen LogP contribution in [0.3, 0.4) is 0 Å². The molecule has 0 saturated heterocycles. The van der Waals surface area contributed by atoms with Gasteiger partial charge in [-0.3, -0.25) is 0 Å². The van der Waals surface area contributed by atoms with Crippen LogP contribution in [-0.4, -0.2) is 25.9 Å². The molecule has 2 atom stereocenters. The van der Waals surface area contributed by atoms with Gasteiger partial charge in [-0.15, -0.1) is 10.2 Å². The average Bonchev–Trinajstić information content (AvgIpc) is 2.59. The van der Waals surface area contributed by atoms with Crippen molar-refractivity contribution >= 4 is 16.3 Å². The molecule has 5 nitrogen and oxygen atoms in total. The zero-order valence-electron chi connectivity index (χ0n) is 7.51. The van der Waals surface area contributed by atoms with Gasteiger partial charge in [-0.05, 0) is 6.92 Å². The van der Waals surface area contributed by atoms with Crippen LogP contribution >= 0.6 is 11.3 Å². The lowest BCUT2D eigenvalue weighted by Crippen LogP contribution is -2.22. The lowest BCUT2D eigenvalue weighted by molar-refractivity contribution is 0.601. The normalized spacial score (nSPS) is 16.2. The van der Waals surface area contributed by atoms with Crippen molar-refractivity contribution in [2.45, 2.75) is 25.8 Å². The molecular formula is C7H11N5S. The Balaban J connectivity index is 2.39. The molecule has 2 heterocycles. The van der Waals surface area contributed by atoms with E-state index in [-0.39, 0.29) is 12.0 Å². The maximum atomic E-state index is 5.78. The van der Waals surface area contributed by atoms with Crippen molar-refractivity contribution in [1.29, 1.82) is 0 Å². The highest BCUT2D eigenvalue weighted by Gasteiger charge is 2.15. The van der Waals surface area contributed by atoms with Crippen molar-refractivity contribution in [2.24, 2.45) is 5.73 Å². The van der Waals surface area contributed by atoms with Gasteiger partial charge in [0.1, 0.15) is 11.3 Å².